The fraction of sp³-hybridized carbons (Fsp3) is 1.00. The molecule has 102 valence electrons. The summed E-state index contributed by atoms with van der Waals surface area (Å²) in [4.78, 5) is 0. The summed E-state index contributed by atoms with van der Waals surface area (Å²) in [6.45, 7) is 3.43. The summed E-state index contributed by atoms with van der Waals surface area (Å²) in [5.41, 5.74) is 0. The molecule has 0 saturated heterocycles. The van der Waals surface area contributed by atoms with Gasteiger partial charge in [0.2, 0.25) is 0 Å². The van der Waals surface area contributed by atoms with Crippen LogP contribution in [0.1, 0.15) is 32.1 Å². The van der Waals surface area contributed by atoms with E-state index in [9.17, 15) is 0 Å². The highest BCUT2D eigenvalue weighted by Crippen LogP contribution is 2.26. The topological polar surface area (TPSA) is 30.5 Å². The van der Waals surface area contributed by atoms with Gasteiger partial charge in [-0.15, -0.1) is 0 Å². The summed E-state index contributed by atoms with van der Waals surface area (Å²) in [5, 5.41) is 4.49. The standard InChI is InChI=1S/C13H27NO2S/c1-15-9-3-10-16-11-8-14-12-4-6-13(17-2)7-5-12/h12-14H,3-11H2,1-2H3. The van der Waals surface area contributed by atoms with Crippen molar-refractivity contribution in [3.63, 3.8) is 0 Å². The second-order valence-corrected chi connectivity index (χ2v) is 5.76. The van der Waals surface area contributed by atoms with Crippen LogP contribution >= 0.6 is 11.8 Å². The number of methoxy groups -OCH3 is 1. The zero-order valence-corrected chi connectivity index (χ0v) is 12.1. The molecule has 3 nitrogen and oxygen atoms in total. The van der Waals surface area contributed by atoms with E-state index in [2.05, 4.69) is 11.6 Å². The first-order valence-electron chi connectivity index (χ1n) is 6.69. The summed E-state index contributed by atoms with van der Waals surface area (Å²) in [5.74, 6) is 0. The Kier molecular flexibility index (Phi) is 9.16. The molecule has 1 rings (SSSR count). The predicted octanol–water partition coefficient (Wildman–Crippen LogP) is 2.30. The summed E-state index contributed by atoms with van der Waals surface area (Å²) in [6.07, 6.45) is 8.62. The molecule has 0 aromatic rings. The van der Waals surface area contributed by atoms with E-state index in [1.807, 2.05) is 11.8 Å². The van der Waals surface area contributed by atoms with Crippen molar-refractivity contribution in [3.8, 4) is 0 Å². The number of ether oxygens (including phenoxy) is 2. The molecule has 0 aromatic carbocycles. The van der Waals surface area contributed by atoms with Crippen LogP contribution in [0.2, 0.25) is 0 Å². The lowest BCUT2D eigenvalue weighted by atomic mass is 9.95. The van der Waals surface area contributed by atoms with Crippen LogP contribution in [0.3, 0.4) is 0 Å². The third-order valence-electron chi connectivity index (χ3n) is 3.32. The van der Waals surface area contributed by atoms with Crippen molar-refractivity contribution in [2.24, 2.45) is 0 Å². The van der Waals surface area contributed by atoms with Gasteiger partial charge in [0.25, 0.3) is 0 Å². The molecule has 1 saturated carbocycles. The Morgan fingerprint density at radius 3 is 2.53 bits per heavy atom. The van der Waals surface area contributed by atoms with Crippen molar-refractivity contribution in [1.29, 1.82) is 0 Å². The van der Waals surface area contributed by atoms with Crippen LogP contribution in [0.15, 0.2) is 0 Å². The molecular formula is C13H27NO2S. The average Bonchev–Trinajstić information content (AvgIpc) is 2.38. The molecule has 1 N–H and O–H groups in total. The summed E-state index contributed by atoms with van der Waals surface area (Å²) < 4.78 is 10.5. The van der Waals surface area contributed by atoms with Crippen LogP contribution in [0, 0.1) is 0 Å². The Labute approximate surface area is 110 Å². The molecule has 0 bridgehead atoms. The van der Waals surface area contributed by atoms with Crippen LogP contribution in [0.5, 0.6) is 0 Å². The first-order valence-corrected chi connectivity index (χ1v) is 7.98. The van der Waals surface area contributed by atoms with Gasteiger partial charge in [0.05, 0.1) is 6.61 Å². The Morgan fingerprint density at radius 1 is 1.12 bits per heavy atom. The van der Waals surface area contributed by atoms with Crippen LogP contribution in [-0.4, -0.2) is 51.0 Å². The van der Waals surface area contributed by atoms with Crippen molar-refractivity contribution >= 4 is 11.8 Å². The van der Waals surface area contributed by atoms with Crippen molar-refractivity contribution in [2.75, 3.05) is 39.7 Å². The van der Waals surface area contributed by atoms with Crippen LogP contribution < -0.4 is 5.32 Å². The first kappa shape index (κ1) is 15.3. The summed E-state index contributed by atoms with van der Waals surface area (Å²) in [6, 6.07) is 0.723. The van der Waals surface area contributed by atoms with Gasteiger partial charge in [-0.2, -0.15) is 11.8 Å². The summed E-state index contributed by atoms with van der Waals surface area (Å²) >= 11 is 2.02. The molecule has 0 unspecified atom stereocenters. The third-order valence-corrected chi connectivity index (χ3v) is 4.46. The minimum absolute atomic E-state index is 0.723. The Hall–Kier alpha value is 0.230. The quantitative estimate of drug-likeness (QED) is 0.645. The van der Waals surface area contributed by atoms with Crippen LogP contribution in [0.25, 0.3) is 0 Å². The second-order valence-electron chi connectivity index (χ2n) is 4.62. The van der Waals surface area contributed by atoms with Gasteiger partial charge in [-0.05, 0) is 38.4 Å². The van der Waals surface area contributed by atoms with E-state index in [1.54, 1.807) is 7.11 Å². The fourth-order valence-electron chi connectivity index (χ4n) is 2.25. The van der Waals surface area contributed by atoms with E-state index < -0.39 is 0 Å². The maximum absolute atomic E-state index is 5.52. The Bertz CT molecular complexity index is 173. The van der Waals surface area contributed by atoms with Crippen molar-refractivity contribution < 1.29 is 9.47 Å². The van der Waals surface area contributed by atoms with Crippen LogP contribution in [0.4, 0.5) is 0 Å². The number of hydrogen-bond acceptors (Lipinski definition) is 4. The molecule has 1 fully saturated rings. The van der Waals surface area contributed by atoms with E-state index in [1.165, 1.54) is 25.7 Å². The number of thioether (sulfide) groups is 1. The molecule has 0 spiro atoms. The lowest BCUT2D eigenvalue weighted by molar-refractivity contribution is 0.102. The third kappa shape index (κ3) is 7.29. The maximum Gasteiger partial charge on any atom is 0.0591 e. The highest BCUT2D eigenvalue weighted by molar-refractivity contribution is 7.99. The van der Waals surface area contributed by atoms with Gasteiger partial charge in [0, 0.05) is 38.2 Å². The highest BCUT2D eigenvalue weighted by atomic mass is 32.2. The highest BCUT2D eigenvalue weighted by Gasteiger charge is 2.19. The van der Waals surface area contributed by atoms with Gasteiger partial charge in [-0.1, -0.05) is 0 Å². The molecular weight excluding hydrogens is 234 g/mol. The molecule has 0 radical (unpaired) electrons. The van der Waals surface area contributed by atoms with Gasteiger partial charge in [-0.25, -0.2) is 0 Å². The molecule has 0 aliphatic heterocycles. The van der Waals surface area contributed by atoms with Gasteiger partial charge >= 0.3 is 0 Å². The molecule has 0 aromatic heterocycles. The Balaban J connectivity index is 1.87. The summed E-state index contributed by atoms with van der Waals surface area (Å²) in [7, 11) is 1.73. The molecule has 0 amide bonds. The van der Waals surface area contributed by atoms with Crippen molar-refractivity contribution in [3.05, 3.63) is 0 Å². The van der Waals surface area contributed by atoms with Crippen LogP contribution in [-0.2, 0) is 9.47 Å². The zero-order chi connectivity index (χ0) is 12.3. The monoisotopic (exact) mass is 261 g/mol. The molecule has 0 atom stereocenters. The van der Waals surface area contributed by atoms with Gasteiger partial charge in [0.15, 0.2) is 0 Å². The number of nitrogens with one attached hydrogen (secondary N) is 1. The van der Waals surface area contributed by atoms with Crippen molar-refractivity contribution in [1.82, 2.24) is 5.32 Å². The molecule has 1 aliphatic carbocycles. The van der Waals surface area contributed by atoms with Crippen molar-refractivity contribution in [2.45, 2.75) is 43.4 Å². The maximum atomic E-state index is 5.52. The van der Waals surface area contributed by atoms with Gasteiger partial charge in [-0.3, -0.25) is 0 Å². The average molecular weight is 261 g/mol. The SMILES string of the molecule is COCCCOCCNC1CCC(SC)CC1. The first-order chi connectivity index (χ1) is 8.36. The zero-order valence-electron chi connectivity index (χ0n) is 11.2. The van der Waals surface area contributed by atoms with E-state index in [4.69, 9.17) is 9.47 Å². The molecule has 4 heteroatoms. The van der Waals surface area contributed by atoms with Gasteiger partial charge in [0.1, 0.15) is 0 Å². The van der Waals surface area contributed by atoms with E-state index >= 15 is 0 Å². The van der Waals surface area contributed by atoms with E-state index in [-0.39, 0.29) is 0 Å². The minimum atomic E-state index is 0.723. The van der Waals surface area contributed by atoms with E-state index in [0.29, 0.717) is 0 Å². The van der Waals surface area contributed by atoms with E-state index in [0.717, 1.165) is 44.1 Å². The molecule has 0 heterocycles. The Morgan fingerprint density at radius 2 is 1.88 bits per heavy atom. The number of hydrogen-bond donors (Lipinski definition) is 1. The molecule has 17 heavy (non-hydrogen) atoms. The van der Waals surface area contributed by atoms with Gasteiger partial charge < -0.3 is 14.8 Å². The second kappa shape index (κ2) is 10.2. The largest absolute Gasteiger partial charge is 0.385 e. The minimum Gasteiger partial charge on any atom is -0.385 e. The predicted molar refractivity (Wildman–Crippen MR) is 74.9 cm³/mol. The lowest BCUT2D eigenvalue weighted by Crippen LogP contribution is -2.35. The lowest BCUT2D eigenvalue weighted by Gasteiger charge is -2.28. The number of rotatable bonds is 9. The normalized spacial score (nSPS) is 25.1. The smallest absolute Gasteiger partial charge is 0.0591 e. The fourth-order valence-corrected chi connectivity index (χ4v) is 2.99. The molecule has 1 aliphatic rings.